The lowest BCUT2D eigenvalue weighted by Gasteiger charge is -2.28. The third-order valence-electron chi connectivity index (χ3n) is 7.10. The van der Waals surface area contributed by atoms with Crippen molar-refractivity contribution in [1.82, 2.24) is 9.88 Å². The normalized spacial score (nSPS) is 24.3. The number of carbonyl (C=O) groups excluding carboxylic acids is 3. The van der Waals surface area contributed by atoms with Gasteiger partial charge in [0.25, 0.3) is 0 Å². The van der Waals surface area contributed by atoms with Gasteiger partial charge in [0.05, 0.1) is 31.7 Å². The minimum atomic E-state index is -0.947. The molecule has 2 aromatic rings. The first-order valence-electron chi connectivity index (χ1n) is 13.0. The van der Waals surface area contributed by atoms with Crippen LogP contribution in [-0.2, 0) is 19.1 Å². The fourth-order valence-corrected chi connectivity index (χ4v) is 5.31. The Balaban J connectivity index is 1.60. The summed E-state index contributed by atoms with van der Waals surface area (Å²) >= 11 is 6.28. The highest BCUT2D eigenvalue weighted by molar-refractivity contribution is 6.30. The Morgan fingerprint density at radius 1 is 1.26 bits per heavy atom. The molecule has 2 aliphatic rings. The summed E-state index contributed by atoms with van der Waals surface area (Å²) in [7, 11) is 1.58. The van der Waals surface area contributed by atoms with E-state index in [1.807, 2.05) is 12.1 Å². The van der Waals surface area contributed by atoms with Gasteiger partial charge in [0.15, 0.2) is 5.78 Å². The van der Waals surface area contributed by atoms with Crippen molar-refractivity contribution in [2.75, 3.05) is 20.3 Å². The number of likely N-dealkylation sites (tertiary alicyclic amines) is 1. The maximum absolute atomic E-state index is 13.7. The number of halogens is 1. The molecule has 1 saturated heterocycles. The van der Waals surface area contributed by atoms with Crippen molar-refractivity contribution in [2.24, 2.45) is 11.3 Å². The lowest BCUT2D eigenvalue weighted by Crippen LogP contribution is -2.44. The van der Waals surface area contributed by atoms with Gasteiger partial charge < -0.3 is 18.9 Å². The predicted molar refractivity (Wildman–Crippen MR) is 146 cm³/mol. The first-order chi connectivity index (χ1) is 18.4. The Labute approximate surface area is 233 Å². The number of rotatable bonds is 9. The summed E-state index contributed by atoms with van der Waals surface area (Å²) in [4.78, 5) is 45.4. The number of aromatic nitrogens is 1. The van der Waals surface area contributed by atoms with Gasteiger partial charge in [0.2, 0.25) is 5.88 Å². The summed E-state index contributed by atoms with van der Waals surface area (Å²) in [6.07, 6.45) is 1.14. The summed E-state index contributed by atoms with van der Waals surface area (Å²) in [6, 6.07) is 6.30. The largest absolute Gasteiger partial charge is 0.497 e. The fourth-order valence-electron chi connectivity index (χ4n) is 5.11. The Morgan fingerprint density at radius 2 is 2.00 bits per heavy atom. The van der Waals surface area contributed by atoms with Crippen LogP contribution < -0.4 is 9.47 Å². The molecule has 1 saturated carbocycles. The number of pyridine rings is 1. The Bertz CT molecular complexity index is 1290. The van der Waals surface area contributed by atoms with Crippen LogP contribution in [0, 0.1) is 11.3 Å². The van der Waals surface area contributed by atoms with Gasteiger partial charge in [-0.25, -0.2) is 9.78 Å². The molecule has 9 nitrogen and oxygen atoms in total. The minimum absolute atomic E-state index is 0.0582. The summed E-state index contributed by atoms with van der Waals surface area (Å²) in [5, 5.41) is 1.73. The smallest absolute Gasteiger partial charge is 0.411 e. The number of allylic oxidation sites excluding steroid dienone is 1. The average molecular weight is 559 g/mol. The molecule has 39 heavy (non-hydrogen) atoms. The number of methoxy groups -OCH3 is 1. The molecule has 0 radical (unpaired) electrons. The van der Waals surface area contributed by atoms with Gasteiger partial charge in [-0.05, 0) is 69.7 Å². The lowest BCUT2D eigenvalue weighted by molar-refractivity contribution is -0.152. The van der Waals surface area contributed by atoms with E-state index in [1.165, 1.54) is 4.90 Å². The van der Waals surface area contributed by atoms with Crippen LogP contribution in [0.3, 0.4) is 0 Å². The van der Waals surface area contributed by atoms with Crippen LogP contribution in [0.4, 0.5) is 4.79 Å². The molecular formula is C29H35ClN2O7. The highest BCUT2D eigenvalue weighted by atomic mass is 35.5. The van der Waals surface area contributed by atoms with Crippen LogP contribution in [0.5, 0.6) is 11.6 Å². The number of nitrogens with zero attached hydrogens (tertiary/aromatic N) is 2. The van der Waals surface area contributed by atoms with Gasteiger partial charge >= 0.3 is 12.1 Å². The number of ether oxygens (including phenoxy) is 4. The molecule has 1 aliphatic heterocycles. The highest BCUT2D eigenvalue weighted by Crippen LogP contribution is 2.57. The van der Waals surface area contributed by atoms with Crippen LogP contribution in [0.15, 0.2) is 36.9 Å². The van der Waals surface area contributed by atoms with Crippen molar-refractivity contribution in [3.8, 4) is 11.6 Å². The maximum atomic E-state index is 13.7. The zero-order valence-electron chi connectivity index (χ0n) is 23.0. The van der Waals surface area contributed by atoms with E-state index in [1.54, 1.807) is 53.0 Å². The Morgan fingerprint density at radius 3 is 2.62 bits per heavy atom. The van der Waals surface area contributed by atoms with Gasteiger partial charge in [-0.1, -0.05) is 17.7 Å². The monoisotopic (exact) mass is 558 g/mol. The minimum Gasteiger partial charge on any atom is -0.497 e. The van der Waals surface area contributed by atoms with E-state index in [0.717, 1.165) is 5.39 Å². The standard InChI is InChI=1S/C29H35ClN2O7/c1-7-18-14-29(18,26(34)37-8-2)15-23(33)22-13-20(16-32(22)27(35)39-28(3,4)5)38-25-21-10-9-19(36-6)11-17(21)12-24(30)31-25/h7,9-12,18,20,22H,1,8,13-16H2,2-6H3/t18-,20-,22+,29-/m1/s1. The molecule has 210 valence electrons. The number of carbonyl (C=O) groups is 3. The maximum Gasteiger partial charge on any atom is 0.411 e. The number of Topliss-reactive ketones (excluding diaryl/α,β-unsaturated/α-hetero) is 1. The third-order valence-corrected chi connectivity index (χ3v) is 7.30. The van der Waals surface area contributed by atoms with Crippen molar-refractivity contribution in [3.05, 3.63) is 42.1 Å². The van der Waals surface area contributed by atoms with E-state index >= 15 is 0 Å². The van der Waals surface area contributed by atoms with E-state index in [-0.39, 0.29) is 42.8 Å². The molecule has 0 spiro atoms. The van der Waals surface area contributed by atoms with Crippen molar-refractivity contribution in [3.63, 3.8) is 0 Å². The SMILES string of the molecule is C=C[C@@H]1C[C@]1(CC(=O)[C@@H]1C[C@@H](Oc2nc(Cl)cc3cc(OC)ccc23)CN1C(=O)OC(C)(C)C)C(=O)OCC. The van der Waals surface area contributed by atoms with Crippen molar-refractivity contribution in [1.29, 1.82) is 0 Å². The van der Waals surface area contributed by atoms with Gasteiger partial charge in [-0.2, -0.15) is 0 Å². The second-order valence-corrected chi connectivity index (χ2v) is 11.4. The van der Waals surface area contributed by atoms with Crippen LogP contribution in [0.2, 0.25) is 5.15 Å². The Kier molecular flexibility index (Phi) is 8.12. The average Bonchev–Trinajstić information content (AvgIpc) is 3.41. The number of benzene rings is 1. The number of esters is 1. The van der Waals surface area contributed by atoms with Crippen molar-refractivity contribution < 1.29 is 33.3 Å². The predicted octanol–water partition coefficient (Wildman–Crippen LogP) is 5.37. The molecule has 2 fully saturated rings. The molecule has 4 atom stereocenters. The number of amides is 1. The molecule has 1 aromatic carbocycles. The quantitative estimate of drug-likeness (QED) is 0.230. The number of ketones is 1. The molecule has 10 heteroatoms. The second kappa shape index (κ2) is 11.0. The van der Waals surface area contributed by atoms with Crippen LogP contribution in [-0.4, -0.2) is 65.7 Å². The lowest BCUT2D eigenvalue weighted by atomic mass is 9.92. The van der Waals surface area contributed by atoms with Crippen LogP contribution >= 0.6 is 11.6 Å². The summed E-state index contributed by atoms with van der Waals surface area (Å²) in [6.45, 7) is 11.1. The number of fused-ring (bicyclic) bond motifs is 1. The molecule has 1 aromatic heterocycles. The molecule has 1 amide bonds. The van der Waals surface area contributed by atoms with E-state index < -0.39 is 35.2 Å². The third kappa shape index (κ3) is 6.13. The van der Waals surface area contributed by atoms with E-state index in [4.69, 9.17) is 30.5 Å². The molecule has 4 rings (SSSR count). The van der Waals surface area contributed by atoms with Crippen LogP contribution in [0.25, 0.3) is 10.8 Å². The molecule has 0 N–H and O–H groups in total. The number of hydrogen-bond acceptors (Lipinski definition) is 8. The summed E-state index contributed by atoms with van der Waals surface area (Å²) < 4.78 is 22.5. The van der Waals surface area contributed by atoms with Gasteiger partial charge in [0, 0.05) is 18.2 Å². The highest BCUT2D eigenvalue weighted by Gasteiger charge is 2.61. The van der Waals surface area contributed by atoms with Crippen LogP contribution in [0.1, 0.15) is 47.0 Å². The second-order valence-electron chi connectivity index (χ2n) is 11.0. The van der Waals surface area contributed by atoms with Crippen molar-refractivity contribution in [2.45, 2.75) is 64.7 Å². The zero-order chi connectivity index (χ0) is 28.5. The topological polar surface area (TPSA) is 104 Å². The fraction of sp³-hybridized carbons (Fsp3) is 0.517. The van der Waals surface area contributed by atoms with E-state index in [0.29, 0.717) is 23.4 Å². The van der Waals surface area contributed by atoms with Gasteiger partial charge in [-0.3, -0.25) is 14.5 Å². The number of hydrogen-bond donors (Lipinski definition) is 0. The first-order valence-corrected chi connectivity index (χ1v) is 13.4. The molecule has 1 aliphatic carbocycles. The summed E-state index contributed by atoms with van der Waals surface area (Å²) in [5.41, 5.74) is -1.71. The first kappa shape index (κ1) is 28.7. The molecule has 2 heterocycles. The molecular weight excluding hydrogens is 524 g/mol. The zero-order valence-corrected chi connectivity index (χ0v) is 23.7. The van der Waals surface area contributed by atoms with Crippen molar-refractivity contribution >= 4 is 40.2 Å². The molecule has 0 bridgehead atoms. The molecule has 0 unspecified atom stereocenters. The van der Waals surface area contributed by atoms with E-state index in [2.05, 4.69) is 11.6 Å². The Hall–Kier alpha value is -3.33. The van der Waals surface area contributed by atoms with E-state index in [9.17, 15) is 14.4 Å². The summed E-state index contributed by atoms with van der Waals surface area (Å²) in [5.74, 6) is 0.134. The van der Waals surface area contributed by atoms with Gasteiger partial charge in [0.1, 0.15) is 22.6 Å². The van der Waals surface area contributed by atoms with Gasteiger partial charge in [-0.15, -0.1) is 6.58 Å².